The molecule has 6 heterocycles. The Bertz CT molecular complexity index is 2660. The van der Waals surface area contributed by atoms with Crippen molar-refractivity contribution in [3.05, 3.63) is 117 Å². The van der Waals surface area contributed by atoms with E-state index in [1.165, 1.54) is 19.6 Å². The maximum atomic E-state index is 15.4. The summed E-state index contributed by atoms with van der Waals surface area (Å²) in [4.78, 5) is 53.5. The number of likely N-dealkylation sites (N-methyl/N-ethyl adjacent to an activating group) is 1. The lowest BCUT2D eigenvalue weighted by Crippen LogP contribution is -2.80. The number of aromatic nitrogens is 1. The highest BCUT2D eigenvalue weighted by Gasteiger charge is 2.78. The molecule has 3 aromatic carbocycles. The van der Waals surface area contributed by atoms with Gasteiger partial charge in [-0.1, -0.05) is 79.6 Å². The molecule has 13 heteroatoms. The molecular weight excluding hydrogens is 844 g/mol. The third-order valence-electron chi connectivity index (χ3n) is 16.2. The molecule has 2 unspecified atom stereocenters. The number of esters is 3. The number of benzene rings is 3. The van der Waals surface area contributed by atoms with Crippen LogP contribution in [0.3, 0.4) is 0 Å². The van der Waals surface area contributed by atoms with Crippen molar-refractivity contribution in [3.63, 3.8) is 0 Å². The third kappa shape index (κ3) is 6.22. The first-order valence-corrected chi connectivity index (χ1v) is 23.5. The number of para-hydroxylation sites is 1. The Hall–Kier alpha value is -5.14. The Balaban J connectivity index is 1.24. The van der Waals surface area contributed by atoms with Crippen molar-refractivity contribution < 1.29 is 38.4 Å². The fourth-order valence-corrected chi connectivity index (χ4v) is 14.1. The van der Waals surface area contributed by atoms with E-state index < -0.39 is 52.5 Å². The van der Waals surface area contributed by atoms with Gasteiger partial charge >= 0.3 is 17.9 Å². The van der Waals surface area contributed by atoms with Crippen molar-refractivity contribution in [3.8, 4) is 5.75 Å². The molecule has 10 rings (SSSR count). The molecule has 0 amide bonds. The molecule has 5 aliphatic heterocycles. The van der Waals surface area contributed by atoms with Crippen molar-refractivity contribution in [2.75, 3.05) is 65.5 Å². The summed E-state index contributed by atoms with van der Waals surface area (Å²) >= 11 is 6.50. The largest absolute Gasteiger partial charge is 0.496 e. The number of carbonyl (C=O) groups excluding carboxylic acids is 3. The Morgan fingerprint density at radius 1 is 1.00 bits per heavy atom. The highest BCUT2D eigenvalue weighted by molar-refractivity contribution is 6.33. The minimum absolute atomic E-state index is 0.0111. The molecule has 9 atom stereocenters. The van der Waals surface area contributed by atoms with Crippen LogP contribution in [0.15, 0.2) is 84.5 Å². The standard InChI is InChI=1S/C52H59ClN4O8/c1-7-32-24-33-27-51(48(60)63-6,43-35(18-22-56(28-32)29-33)34-14-10-12-17-40(34)54-43)38-25-37-41(26-42(38)62-5)55(4)46-50(37)20-23-57-21-13-19-49(8-2,45(50)57)47(65-31(3)58)52(46,61)30-64-44(59)36-15-9-11-16-39(36)53/h9-17,19,24-26,33,45-47,54,61H,7-8,18,20-23,27-30H2,1-6H3/t33-,45?,46+,47+,49+,50+,51-,52-/m0/s1. The Morgan fingerprint density at radius 3 is 2.52 bits per heavy atom. The number of H-pyrrole nitrogens is 1. The van der Waals surface area contributed by atoms with Crippen LogP contribution in [-0.2, 0) is 41.1 Å². The van der Waals surface area contributed by atoms with Gasteiger partial charge in [0.15, 0.2) is 5.60 Å². The number of halogens is 1. The Morgan fingerprint density at radius 2 is 1.78 bits per heavy atom. The number of nitrogens with one attached hydrogen (secondary N) is 1. The van der Waals surface area contributed by atoms with Gasteiger partial charge in [-0.25, -0.2) is 4.79 Å². The van der Waals surface area contributed by atoms with Crippen molar-refractivity contribution in [2.45, 2.75) is 87.5 Å². The summed E-state index contributed by atoms with van der Waals surface area (Å²) in [5, 5.41) is 15.2. The minimum Gasteiger partial charge on any atom is -0.496 e. The summed E-state index contributed by atoms with van der Waals surface area (Å²) in [5.74, 6) is -1.10. The molecule has 12 nitrogen and oxygen atoms in total. The number of hydrogen-bond donors (Lipinski definition) is 2. The van der Waals surface area contributed by atoms with E-state index in [0.717, 1.165) is 65.9 Å². The summed E-state index contributed by atoms with van der Waals surface area (Å²) in [6.45, 7) is 9.03. The number of aromatic amines is 1. The van der Waals surface area contributed by atoms with Crippen LogP contribution in [-0.4, -0.2) is 122 Å². The molecule has 2 N–H and O–H groups in total. The van der Waals surface area contributed by atoms with E-state index in [1.807, 2.05) is 25.2 Å². The number of aliphatic hydroxyl groups is 1. The van der Waals surface area contributed by atoms with Crippen LogP contribution < -0.4 is 9.64 Å². The number of carbonyl (C=O) groups is 3. The topological polar surface area (TPSA) is 134 Å². The van der Waals surface area contributed by atoms with Crippen molar-refractivity contribution >= 4 is 46.1 Å². The van der Waals surface area contributed by atoms with Crippen LogP contribution in [0.1, 0.15) is 79.2 Å². The van der Waals surface area contributed by atoms with Gasteiger partial charge in [0, 0.05) is 90.9 Å². The van der Waals surface area contributed by atoms with Crippen LogP contribution in [0.5, 0.6) is 5.75 Å². The SMILES string of the molecule is CCC1=C[C@@H]2CN(CCc3c([nH]c4ccccc34)[C@@](C(=O)OC)(c3cc4c(cc3OC)N(C)[C@H]3[C@@](O)(COC(=O)c5ccccc5Cl)[C@H](OC(C)=O)[C@]5(CC)C=CCN6CC[C@]43C65)C2)C1. The van der Waals surface area contributed by atoms with Gasteiger partial charge in [-0.2, -0.15) is 0 Å². The molecule has 65 heavy (non-hydrogen) atoms. The van der Waals surface area contributed by atoms with Crippen LogP contribution >= 0.6 is 11.6 Å². The third-order valence-corrected chi connectivity index (χ3v) is 16.5. The molecule has 1 spiro atoms. The lowest BCUT2D eigenvalue weighted by atomic mass is 9.47. The molecule has 2 bridgehead atoms. The van der Waals surface area contributed by atoms with E-state index in [2.05, 4.69) is 70.0 Å². The van der Waals surface area contributed by atoms with Gasteiger partial charge < -0.3 is 33.9 Å². The van der Waals surface area contributed by atoms with Crippen molar-refractivity contribution in [1.29, 1.82) is 0 Å². The van der Waals surface area contributed by atoms with E-state index >= 15 is 4.79 Å². The predicted octanol–water partition coefficient (Wildman–Crippen LogP) is 7.13. The molecule has 2 fully saturated rings. The number of fused-ring (bicyclic) bond motifs is 6. The first-order valence-electron chi connectivity index (χ1n) is 23.1. The van der Waals surface area contributed by atoms with Gasteiger partial charge in [0.05, 0.1) is 30.8 Å². The Kier molecular flexibility index (Phi) is 10.8. The second kappa shape index (κ2) is 16.0. The number of hydrogen-bond acceptors (Lipinski definition) is 11. The Labute approximate surface area is 385 Å². The normalized spacial score (nSPS) is 32.2. The quantitative estimate of drug-likeness (QED) is 0.101. The second-order valence-corrected chi connectivity index (χ2v) is 19.6. The molecule has 1 aromatic heterocycles. The summed E-state index contributed by atoms with van der Waals surface area (Å²) in [5.41, 5.74) is 1.76. The molecule has 342 valence electrons. The lowest BCUT2D eigenvalue weighted by molar-refractivity contribution is -0.228. The monoisotopic (exact) mass is 902 g/mol. The molecule has 1 aliphatic carbocycles. The van der Waals surface area contributed by atoms with Gasteiger partial charge in [0.1, 0.15) is 23.9 Å². The fourth-order valence-electron chi connectivity index (χ4n) is 13.9. The highest BCUT2D eigenvalue weighted by atomic mass is 35.5. The molecule has 6 aliphatic rings. The average molecular weight is 904 g/mol. The number of rotatable bonds is 9. The van der Waals surface area contributed by atoms with Crippen LogP contribution in [0, 0.1) is 11.3 Å². The molecular formula is C52H59ClN4O8. The summed E-state index contributed by atoms with van der Waals surface area (Å²) < 4.78 is 25.0. The molecule has 1 saturated heterocycles. The number of nitrogens with zero attached hydrogens (tertiary/aromatic N) is 3. The minimum atomic E-state index is -1.95. The maximum Gasteiger partial charge on any atom is 0.339 e. The lowest BCUT2D eigenvalue weighted by Gasteiger charge is -2.64. The van der Waals surface area contributed by atoms with Crippen molar-refractivity contribution in [2.24, 2.45) is 11.3 Å². The van der Waals surface area contributed by atoms with E-state index in [-0.39, 0.29) is 28.5 Å². The van der Waals surface area contributed by atoms with Crippen LogP contribution in [0.25, 0.3) is 10.9 Å². The first kappa shape index (κ1) is 43.7. The number of anilines is 1. The van der Waals surface area contributed by atoms with E-state index in [1.54, 1.807) is 31.4 Å². The van der Waals surface area contributed by atoms with E-state index in [4.69, 9.17) is 30.5 Å². The predicted molar refractivity (Wildman–Crippen MR) is 249 cm³/mol. The molecule has 4 aromatic rings. The summed E-state index contributed by atoms with van der Waals surface area (Å²) in [6, 6.07) is 18.1. The zero-order valence-electron chi connectivity index (χ0n) is 38.1. The van der Waals surface area contributed by atoms with Gasteiger partial charge in [-0.05, 0) is 80.0 Å². The smallest absolute Gasteiger partial charge is 0.339 e. The van der Waals surface area contributed by atoms with Crippen LogP contribution in [0.4, 0.5) is 5.69 Å². The molecule has 0 radical (unpaired) electrons. The summed E-state index contributed by atoms with van der Waals surface area (Å²) in [6.07, 6.45) is 8.71. The second-order valence-electron chi connectivity index (χ2n) is 19.2. The van der Waals surface area contributed by atoms with E-state index in [0.29, 0.717) is 43.7 Å². The van der Waals surface area contributed by atoms with Gasteiger partial charge in [-0.15, -0.1) is 0 Å². The fraction of sp³-hybridized carbons (Fsp3) is 0.481. The first-order chi connectivity index (χ1) is 31.3. The van der Waals surface area contributed by atoms with Gasteiger partial charge in [0.25, 0.3) is 0 Å². The van der Waals surface area contributed by atoms with Crippen LogP contribution in [0.2, 0.25) is 5.02 Å². The zero-order chi connectivity index (χ0) is 45.6. The maximum absolute atomic E-state index is 15.4. The number of methoxy groups -OCH3 is 2. The number of ether oxygens (including phenoxy) is 4. The molecule has 1 saturated carbocycles. The average Bonchev–Trinajstić information content (AvgIpc) is 3.97. The summed E-state index contributed by atoms with van der Waals surface area (Å²) in [7, 11) is 5.06. The zero-order valence-corrected chi connectivity index (χ0v) is 38.9. The highest BCUT2D eigenvalue weighted by Crippen LogP contribution is 2.68. The van der Waals surface area contributed by atoms with Gasteiger partial charge in [0.2, 0.25) is 0 Å². The van der Waals surface area contributed by atoms with Crippen molar-refractivity contribution in [1.82, 2.24) is 14.8 Å². The van der Waals surface area contributed by atoms with E-state index in [9.17, 15) is 14.7 Å². The van der Waals surface area contributed by atoms with Gasteiger partial charge in [-0.3, -0.25) is 19.4 Å².